The minimum absolute atomic E-state index is 0.0799. The summed E-state index contributed by atoms with van der Waals surface area (Å²) in [5.74, 6) is 0.795. The number of methoxy groups -OCH3 is 1. The van der Waals surface area contributed by atoms with Gasteiger partial charge < -0.3 is 9.64 Å². The topological polar surface area (TPSA) is 32.8 Å². The molecule has 1 heterocycles. The van der Waals surface area contributed by atoms with E-state index in [1.807, 2.05) is 35.2 Å². The molecule has 0 spiro atoms. The molecule has 1 aliphatic rings. The van der Waals surface area contributed by atoms with Crippen LogP contribution in [-0.4, -0.2) is 55.5 Å². The van der Waals surface area contributed by atoms with Crippen molar-refractivity contribution in [1.29, 1.82) is 0 Å². The molecule has 1 fully saturated rings. The fourth-order valence-electron chi connectivity index (χ4n) is 3.05. The Hall–Kier alpha value is -2.04. The summed E-state index contributed by atoms with van der Waals surface area (Å²) in [5, 5.41) is 0.772. The Kier molecular flexibility index (Phi) is 5.95. The molecule has 1 amide bonds. The fraction of sp³-hybridized carbons (Fsp3) is 0.350. The maximum atomic E-state index is 12.6. The maximum absolute atomic E-state index is 12.6. The van der Waals surface area contributed by atoms with Crippen LogP contribution >= 0.6 is 11.6 Å². The number of rotatable bonds is 5. The Labute approximate surface area is 154 Å². The highest BCUT2D eigenvalue weighted by Crippen LogP contribution is 2.16. The van der Waals surface area contributed by atoms with Gasteiger partial charge in [-0.25, -0.2) is 0 Å². The van der Waals surface area contributed by atoms with Crippen LogP contribution in [0.5, 0.6) is 5.75 Å². The van der Waals surface area contributed by atoms with E-state index in [0.29, 0.717) is 11.3 Å². The molecule has 25 heavy (non-hydrogen) atoms. The molecule has 0 bridgehead atoms. The van der Waals surface area contributed by atoms with Crippen LogP contribution in [0.2, 0.25) is 5.02 Å². The third-order valence-corrected chi connectivity index (χ3v) is 4.86. The van der Waals surface area contributed by atoms with Crippen LogP contribution in [0.3, 0.4) is 0 Å². The number of benzene rings is 2. The monoisotopic (exact) mass is 358 g/mol. The van der Waals surface area contributed by atoms with Gasteiger partial charge in [0.05, 0.1) is 7.11 Å². The van der Waals surface area contributed by atoms with Crippen LogP contribution < -0.4 is 4.74 Å². The predicted molar refractivity (Wildman–Crippen MR) is 100 cm³/mol. The highest BCUT2D eigenvalue weighted by Gasteiger charge is 2.22. The number of carbonyl (C=O) groups is 1. The van der Waals surface area contributed by atoms with Crippen molar-refractivity contribution in [2.45, 2.75) is 6.42 Å². The fourth-order valence-corrected chi connectivity index (χ4v) is 3.18. The van der Waals surface area contributed by atoms with E-state index in [4.69, 9.17) is 16.3 Å². The van der Waals surface area contributed by atoms with Gasteiger partial charge in [-0.2, -0.15) is 0 Å². The zero-order valence-corrected chi connectivity index (χ0v) is 15.2. The van der Waals surface area contributed by atoms with E-state index in [1.165, 1.54) is 5.56 Å². The number of piperazine rings is 1. The van der Waals surface area contributed by atoms with Gasteiger partial charge in [0.1, 0.15) is 5.75 Å². The second kappa shape index (κ2) is 8.37. The third kappa shape index (κ3) is 4.74. The quantitative estimate of drug-likeness (QED) is 0.821. The Morgan fingerprint density at radius 3 is 2.48 bits per heavy atom. The summed E-state index contributed by atoms with van der Waals surface area (Å²) in [6.07, 6.45) is 1.00. The normalized spacial score (nSPS) is 15.2. The van der Waals surface area contributed by atoms with Crippen molar-refractivity contribution >= 4 is 17.5 Å². The van der Waals surface area contributed by atoms with Crippen molar-refractivity contribution in [1.82, 2.24) is 9.80 Å². The zero-order valence-electron chi connectivity index (χ0n) is 14.5. The lowest BCUT2D eigenvalue weighted by molar-refractivity contribution is 0.0638. The van der Waals surface area contributed by atoms with E-state index < -0.39 is 0 Å². The summed E-state index contributed by atoms with van der Waals surface area (Å²) in [6.45, 7) is 4.34. The van der Waals surface area contributed by atoms with Crippen molar-refractivity contribution in [3.05, 3.63) is 64.7 Å². The Morgan fingerprint density at radius 1 is 1.08 bits per heavy atom. The summed E-state index contributed by atoms with van der Waals surface area (Å²) in [6, 6.07) is 15.4. The third-order valence-electron chi connectivity index (χ3n) is 4.61. The Balaban J connectivity index is 1.49. The highest BCUT2D eigenvalue weighted by molar-refractivity contribution is 6.30. The van der Waals surface area contributed by atoms with Gasteiger partial charge in [-0.1, -0.05) is 29.8 Å². The van der Waals surface area contributed by atoms with E-state index in [2.05, 4.69) is 17.0 Å². The second-order valence-corrected chi connectivity index (χ2v) is 6.68. The first kappa shape index (κ1) is 17.8. The van der Waals surface area contributed by atoms with Gasteiger partial charge >= 0.3 is 0 Å². The van der Waals surface area contributed by atoms with E-state index in [0.717, 1.165) is 44.2 Å². The molecule has 4 nitrogen and oxygen atoms in total. The van der Waals surface area contributed by atoms with Crippen LogP contribution in [0.4, 0.5) is 0 Å². The number of halogens is 1. The Bertz CT molecular complexity index is 710. The second-order valence-electron chi connectivity index (χ2n) is 6.24. The number of hydrogen-bond acceptors (Lipinski definition) is 3. The van der Waals surface area contributed by atoms with Crippen molar-refractivity contribution in [3.63, 3.8) is 0 Å². The summed E-state index contributed by atoms with van der Waals surface area (Å²) < 4.78 is 5.20. The van der Waals surface area contributed by atoms with E-state index in [-0.39, 0.29) is 5.91 Å². The summed E-state index contributed by atoms with van der Waals surface area (Å²) in [7, 11) is 1.61. The van der Waals surface area contributed by atoms with Gasteiger partial charge in [0.15, 0.2) is 0 Å². The SMILES string of the molecule is COc1cccc(C(=O)N2CCN(CCc3ccc(Cl)cc3)CC2)c1. The van der Waals surface area contributed by atoms with E-state index in [9.17, 15) is 4.79 Å². The standard InChI is InChI=1S/C20H23ClN2O2/c1-25-19-4-2-3-17(15-19)20(24)23-13-11-22(12-14-23)10-9-16-5-7-18(21)8-6-16/h2-8,15H,9-14H2,1H3. The van der Waals surface area contributed by atoms with Gasteiger partial charge in [0.25, 0.3) is 5.91 Å². The molecule has 0 saturated carbocycles. The van der Waals surface area contributed by atoms with Crippen molar-refractivity contribution in [3.8, 4) is 5.75 Å². The lowest BCUT2D eigenvalue weighted by Gasteiger charge is -2.34. The molecule has 0 aromatic heterocycles. The molecule has 0 aliphatic carbocycles. The van der Waals surface area contributed by atoms with Crippen molar-refractivity contribution in [2.24, 2.45) is 0 Å². The first-order valence-corrected chi connectivity index (χ1v) is 8.93. The molecule has 0 N–H and O–H groups in total. The maximum Gasteiger partial charge on any atom is 0.254 e. The number of hydrogen-bond donors (Lipinski definition) is 0. The van der Waals surface area contributed by atoms with Crippen LogP contribution in [0, 0.1) is 0 Å². The van der Waals surface area contributed by atoms with Gasteiger partial charge in [0.2, 0.25) is 0 Å². The van der Waals surface area contributed by atoms with Crippen LogP contribution in [0.25, 0.3) is 0 Å². The van der Waals surface area contributed by atoms with Crippen LogP contribution in [-0.2, 0) is 6.42 Å². The zero-order chi connectivity index (χ0) is 17.6. The molecule has 3 rings (SSSR count). The highest BCUT2D eigenvalue weighted by atomic mass is 35.5. The van der Waals surface area contributed by atoms with Gasteiger partial charge in [-0.15, -0.1) is 0 Å². The summed E-state index contributed by atoms with van der Waals surface area (Å²) in [5.41, 5.74) is 1.98. The summed E-state index contributed by atoms with van der Waals surface area (Å²) in [4.78, 5) is 17.0. The van der Waals surface area contributed by atoms with Crippen molar-refractivity contribution in [2.75, 3.05) is 39.8 Å². The molecular weight excluding hydrogens is 336 g/mol. The Morgan fingerprint density at radius 2 is 1.80 bits per heavy atom. The lowest BCUT2D eigenvalue weighted by Crippen LogP contribution is -2.49. The van der Waals surface area contributed by atoms with Gasteiger partial charge in [-0.05, 0) is 42.3 Å². The van der Waals surface area contributed by atoms with Gasteiger partial charge in [-0.3, -0.25) is 9.69 Å². The number of nitrogens with zero attached hydrogens (tertiary/aromatic N) is 2. The molecule has 2 aromatic carbocycles. The first-order chi connectivity index (χ1) is 12.2. The summed E-state index contributed by atoms with van der Waals surface area (Å²) >= 11 is 5.92. The molecule has 1 saturated heterocycles. The molecule has 0 atom stereocenters. The smallest absolute Gasteiger partial charge is 0.254 e. The predicted octanol–water partition coefficient (Wildman–Crippen LogP) is 3.35. The molecule has 2 aromatic rings. The molecule has 0 unspecified atom stereocenters. The average molecular weight is 359 g/mol. The first-order valence-electron chi connectivity index (χ1n) is 8.56. The number of ether oxygens (including phenoxy) is 1. The molecule has 0 radical (unpaired) electrons. The minimum Gasteiger partial charge on any atom is -0.497 e. The lowest BCUT2D eigenvalue weighted by atomic mass is 10.1. The minimum atomic E-state index is 0.0799. The number of amides is 1. The van der Waals surface area contributed by atoms with Gasteiger partial charge in [0, 0.05) is 43.3 Å². The number of carbonyl (C=O) groups excluding carboxylic acids is 1. The average Bonchev–Trinajstić information content (AvgIpc) is 2.67. The molecule has 132 valence electrons. The van der Waals surface area contributed by atoms with Crippen LogP contribution in [0.1, 0.15) is 15.9 Å². The molecule has 1 aliphatic heterocycles. The molecule has 5 heteroatoms. The molecular formula is C20H23ClN2O2. The van der Waals surface area contributed by atoms with Crippen molar-refractivity contribution < 1.29 is 9.53 Å². The largest absolute Gasteiger partial charge is 0.497 e. The van der Waals surface area contributed by atoms with E-state index >= 15 is 0 Å². The van der Waals surface area contributed by atoms with Crippen LogP contribution in [0.15, 0.2) is 48.5 Å². The van der Waals surface area contributed by atoms with E-state index in [1.54, 1.807) is 13.2 Å².